The lowest BCUT2D eigenvalue weighted by Gasteiger charge is -2.30. The van der Waals surface area contributed by atoms with Crippen molar-refractivity contribution in [2.75, 3.05) is 19.6 Å². The van der Waals surface area contributed by atoms with E-state index < -0.39 is 0 Å². The van der Waals surface area contributed by atoms with Crippen molar-refractivity contribution in [3.63, 3.8) is 0 Å². The normalized spacial score (nSPS) is 24.0. The Bertz CT molecular complexity index is 540. The number of hydrogen-bond acceptors (Lipinski definition) is 1. The van der Waals surface area contributed by atoms with Gasteiger partial charge in [-0.05, 0) is 75.1 Å². The van der Waals surface area contributed by atoms with Crippen LogP contribution in [0.5, 0.6) is 0 Å². The maximum atomic E-state index is 12.3. The number of fused-ring (bicyclic) bond motifs is 1. The van der Waals surface area contributed by atoms with Gasteiger partial charge in [-0.25, -0.2) is 0 Å². The lowest BCUT2D eigenvalue weighted by atomic mass is 9.90. The molecule has 2 N–H and O–H groups in total. The number of quaternary nitrogens is 1. The van der Waals surface area contributed by atoms with E-state index in [4.69, 9.17) is 0 Å². The first-order valence-corrected chi connectivity index (χ1v) is 9.48. The molecule has 0 radical (unpaired) electrons. The van der Waals surface area contributed by atoms with E-state index in [0.29, 0.717) is 0 Å². The summed E-state index contributed by atoms with van der Waals surface area (Å²) >= 11 is 0. The molecule has 126 valence electrons. The van der Waals surface area contributed by atoms with Crippen LogP contribution in [-0.4, -0.2) is 31.6 Å². The van der Waals surface area contributed by atoms with Crippen LogP contribution in [0.25, 0.3) is 0 Å². The Morgan fingerprint density at radius 3 is 2.83 bits per heavy atom. The average Bonchev–Trinajstić information content (AvgIpc) is 2.59. The van der Waals surface area contributed by atoms with Crippen molar-refractivity contribution in [3.05, 3.63) is 34.9 Å². The first-order valence-electron chi connectivity index (χ1n) is 9.48. The number of likely N-dealkylation sites (tertiary alicyclic amines) is 1. The molecule has 2 atom stereocenters. The van der Waals surface area contributed by atoms with Crippen LogP contribution in [0, 0.1) is 0 Å². The zero-order valence-electron chi connectivity index (χ0n) is 14.5. The molecule has 0 spiro atoms. The van der Waals surface area contributed by atoms with Crippen molar-refractivity contribution in [3.8, 4) is 0 Å². The van der Waals surface area contributed by atoms with Crippen LogP contribution in [0.4, 0.5) is 0 Å². The Balaban J connectivity index is 1.44. The third-order valence-electron chi connectivity index (χ3n) is 5.65. The van der Waals surface area contributed by atoms with Crippen molar-refractivity contribution in [2.24, 2.45) is 0 Å². The SMILES string of the molecule is C[C@H]1CCCC[NH+]1CCCNC(=O)c1ccc2c(c1)CCCC2. The van der Waals surface area contributed by atoms with Crippen molar-refractivity contribution >= 4 is 5.91 Å². The van der Waals surface area contributed by atoms with Gasteiger partial charge in [0.05, 0.1) is 19.1 Å². The van der Waals surface area contributed by atoms with Gasteiger partial charge in [-0.3, -0.25) is 4.79 Å². The summed E-state index contributed by atoms with van der Waals surface area (Å²) in [6.45, 7) is 5.65. The minimum absolute atomic E-state index is 0.0973. The smallest absolute Gasteiger partial charge is 0.251 e. The largest absolute Gasteiger partial charge is 0.352 e. The standard InChI is InChI=1S/C20H30N2O/c1-16-7-4-5-13-22(16)14-6-12-21-20(23)19-11-10-17-8-2-3-9-18(17)15-19/h10-11,15-16H,2-9,12-14H2,1H3,(H,21,23)/p+1/t16-/m0/s1. The van der Waals surface area contributed by atoms with E-state index in [9.17, 15) is 4.79 Å². The predicted molar refractivity (Wildman–Crippen MR) is 94.0 cm³/mol. The molecule has 1 aliphatic carbocycles. The van der Waals surface area contributed by atoms with Gasteiger partial charge in [-0.15, -0.1) is 0 Å². The summed E-state index contributed by atoms with van der Waals surface area (Å²) < 4.78 is 0. The number of carbonyl (C=O) groups is 1. The van der Waals surface area contributed by atoms with E-state index in [-0.39, 0.29) is 5.91 Å². The summed E-state index contributed by atoms with van der Waals surface area (Å²) in [5.74, 6) is 0.0973. The molecule has 0 aromatic heterocycles. The molecule has 23 heavy (non-hydrogen) atoms. The monoisotopic (exact) mass is 315 g/mol. The molecular weight excluding hydrogens is 284 g/mol. The highest BCUT2D eigenvalue weighted by atomic mass is 16.1. The van der Waals surface area contributed by atoms with Crippen LogP contribution in [0.1, 0.15) is 66.9 Å². The minimum atomic E-state index is 0.0973. The van der Waals surface area contributed by atoms with Gasteiger partial charge in [-0.1, -0.05) is 6.07 Å². The van der Waals surface area contributed by atoms with Crippen LogP contribution >= 0.6 is 0 Å². The molecule has 2 aliphatic rings. The van der Waals surface area contributed by atoms with Gasteiger partial charge >= 0.3 is 0 Å². The van der Waals surface area contributed by atoms with Gasteiger partial charge in [0.15, 0.2) is 0 Å². The van der Waals surface area contributed by atoms with Gasteiger partial charge in [0.1, 0.15) is 0 Å². The van der Waals surface area contributed by atoms with Crippen LogP contribution in [0.3, 0.4) is 0 Å². The van der Waals surface area contributed by atoms with Crippen LogP contribution < -0.4 is 10.2 Å². The Kier molecular flexibility index (Phi) is 5.71. The second-order valence-electron chi connectivity index (χ2n) is 7.36. The number of carbonyl (C=O) groups excluding carboxylic acids is 1. The quantitative estimate of drug-likeness (QED) is 0.802. The van der Waals surface area contributed by atoms with E-state index in [2.05, 4.69) is 24.4 Å². The zero-order valence-corrected chi connectivity index (χ0v) is 14.5. The summed E-state index contributed by atoms with van der Waals surface area (Å²) in [6, 6.07) is 7.06. The van der Waals surface area contributed by atoms with Crippen molar-refractivity contribution < 1.29 is 9.69 Å². The van der Waals surface area contributed by atoms with E-state index in [1.54, 1.807) is 4.90 Å². The molecule has 1 saturated heterocycles. The van der Waals surface area contributed by atoms with Crippen molar-refractivity contribution in [1.82, 2.24) is 5.32 Å². The first kappa shape index (κ1) is 16.5. The molecule has 1 aromatic rings. The Morgan fingerprint density at radius 1 is 1.17 bits per heavy atom. The molecule has 3 rings (SSSR count). The topological polar surface area (TPSA) is 33.5 Å². The highest BCUT2D eigenvalue weighted by Gasteiger charge is 2.21. The molecule has 0 bridgehead atoms. The Labute approximate surface area is 140 Å². The van der Waals surface area contributed by atoms with E-state index in [1.165, 1.54) is 62.7 Å². The van der Waals surface area contributed by atoms with Crippen molar-refractivity contribution in [2.45, 2.75) is 64.3 Å². The summed E-state index contributed by atoms with van der Waals surface area (Å²) in [5.41, 5.74) is 3.66. The zero-order chi connectivity index (χ0) is 16.1. The number of amides is 1. The molecule has 3 nitrogen and oxygen atoms in total. The van der Waals surface area contributed by atoms with E-state index in [0.717, 1.165) is 31.0 Å². The molecule has 1 aromatic carbocycles. The number of nitrogens with one attached hydrogen (secondary N) is 2. The second kappa shape index (κ2) is 7.96. The lowest BCUT2D eigenvalue weighted by molar-refractivity contribution is -0.928. The fraction of sp³-hybridized carbons (Fsp3) is 0.650. The molecule has 0 saturated carbocycles. The number of aryl methyl sites for hydroxylation is 2. The molecule has 1 amide bonds. The van der Waals surface area contributed by atoms with Gasteiger partial charge in [0, 0.05) is 18.5 Å². The maximum Gasteiger partial charge on any atom is 0.251 e. The Hall–Kier alpha value is -1.35. The third kappa shape index (κ3) is 4.35. The van der Waals surface area contributed by atoms with Gasteiger partial charge in [-0.2, -0.15) is 0 Å². The molecule has 3 heteroatoms. The molecule has 1 fully saturated rings. The third-order valence-corrected chi connectivity index (χ3v) is 5.65. The van der Waals surface area contributed by atoms with Crippen LogP contribution in [0.15, 0.2) is 18.2 Å². The fourth-order valence-corrected chi connectivity index (χ4v) is 4.12. The van der Waals surface area contributed by atoms with Crippen LogP contribution in [0.2, 0.25) is 0 Å². The fourth-order valence-electron chi connectivity index (χ4n) is 4.12. The van der Waals surface area contributed by atoms with E-state index >= 15 is 0 Å². The summed E-state index contributed by atoms with van der Waals surface area (Å²) in [4.78, 5) is 14.0. The highest BCUT2D eigenvalue weighted by molar-refractivity contribution is 5.94. The number of benzene rings is 1. The summed E-state index contributed by atoms with van der Waals surface area (Å²) in [6.07, 6.45) is 10.0. The minimum Gasteiger partial charge on any atom is -0.352 e. The first-order chi connectivity index (χ1) is 11.2. The maximum absolute atomic E-state index is 12.3. The van der Waals surface area contributed by atoms with Crippen LogP contribution in [-0.2, 0) is 12.8 Å². The predicted octanol–water partition coefficient (Wildman–Crippen LogP) is 2.14. The average molecular weight is 315 g/mol. The van der Waals surface area contributed by atoms with Crippen molar-refractivity contribution in [1.29, 1.82) is 0 Å². The second-order valence-corrected chi connectivity index (χ2v) is 7.36. The lowest BCUT2D eigenvalue weighted by Crippen LogP contribution is -3.16. The van der Waals surface area contributed by atoms with Gasteiger partial charge < -0.3 is 10.2 Å². The molecule has 1 heterocycles. The molecular formula is C20H31N2O+. The number of piperidine rings is 1. The highest BCUT2D eigenvalue weighted by Crippen LogP contribution is 2.22. The summed E-state index contributed by atoms with van der Waals surface area (Å²) in [5, 5.41) is 3.11. The van der Waals surface area contributed by atoms with E-state index in [1.807, 2.05) is 6.07 Å². The summed E-state index contributed by atoms with van der Waals surface area (Å²) in [7, 11) is 0. The number of rotatable bonds is 5. The Morgan fingerprint density at radius 2 is 2.00 bits per heavy atom. The van der Waals surface area contributed by atoms with Gasteiger partial charge in [0.2, 0.25) is 0 Å². The molecule has 1 unspecified atom stereocenters. The number of hydrogen-bond donors (Lipinski definition) is 2. The molecule has 1 aliphatic heterocycles. The van der Waals surface area contributed by atoms with Gasteiger partial charge in [0.25, 0.3) is 5.91 Å².